The van der Waals surface area contributed by atoms with E-state index in [9.17, 15) is 14.4 Å². The molecule has 2 amide bonds. The highest BCUT2D eigenvalue weighted by Gasteiger charge is 2.16. The molecule has 3 aromatic rings. The number of hydrogen-bond donors (Lipinski definition) is 2. The van der Waals surface area contributed by atoms with Crippen molar-refractivity contribution in [1.82, 2.24) is 25.3 Å². The van der Waals surface area contributed by atoms with Crippen LogP contribution in [0.4, 0.5) is 11.4 Å². The van der Waals surface area contributed by atoms with E-state index in [4.69, 9.17) is 0 Å². The number of nitrogens with one attached hydrogen (secondary N) is 2. The summed E-state index contributed by atoms with van der Waals surface area (Å²) in [7, 11) is 4.98. The summed E-state index contributed by atoms with van der Waals surface area (Å²) in [5.74, 6) is -2.24. The van der Waals surface area contributed by atoms with Gasteiger partial charge in [-0.2, -0.15) is 0 Å². The number of anilines is 2. The average molecular weight is 423 g/mol. The summed E-state index contributed by atoms with van der Waals surface area (Å²) in [6.07, 6.45) is 3.02. The van der Waals surface area contributed by atoms with Crippen LogP contribution in [0.1, 0.15) is 16.2 Å². The quantitative estimate of drug-likeness (QED) is 0.439. The lowest BCUT2D eigenvalue weighted by atomic mass is 10.2. The zero-order valence-corrected chi connectivity index (χ0v) is 17.2. The van der Waals surface area contributed by atoms with Crippen molar-refractivity contribution in [2.45, 2.75) is 6.54 Å². The summed E-state index contributed by atoms with van der Waals surface area (Å²) >= 11 is 0. The highest BCUT2D eigenvalue weighted by Crippen LogP contribution is 2.16. The highest BCUT2D eigenvalue weighted by molar-refractivity contribution is 6.39. The Balaban J connectivity index is 1.64. The number of rotatable bonds is 6. The molecule has 0 fully saturated rings. The maximum atomic E-state index is 12.3. The molecule has 1 aromatic carbocycles. The van der Waals surface area contributed by atoms with Crippen molar-refractivity contribution in [3.8, 4) is 5.69 Å². The van der Waals surface area contributed by atoms with Gasteiger partial charge in [0.2, 0.25) is 0 Å². The Morgan fingerprint density at radius 1 is 1.13 bits per heavy atom. The Kier molecular flexibility index (Phi) is 6.55. The fraction of sp³-hybridized carbons (Fsp3) is 0.200. The Labute approximate surface area is 178 Å². The number of esters is 1. The topological polar surface area (TPSA) is 131 Å². The van der Waals surface area contributed by atoms with Gasteiger partial charge in [0, 0.05) is 26.0 Å². The third-order valence-corrected chi connectivity index (χ3v) is 4.23. The first-order chi connectivity index (χ1) is 14.9. The lowest BCUT2D eigenvalue weighted by molar-refractivity contribution is -0.136. The molecule has 0 aliphatic heterocycles. The SMILES string of the molecule is COC(=O)c1cn(-c2cccc(NC(=O)C(=O)NCc3ncccc3N(C)C)c2)nn1. The second-order valence-electron chi connectivity index (χ2n) is 6.59. The van der Waals surface area contributed by atoms with Crippen molar-refractivity contribution in [2.75, 3.05) is 31.4 Å². The van der Waals surface area contributed by atoms with E-state index in [1.54, 1.807) is 36.5 Å². The van der Waals surface area contributed by atoms with Crippen molar-refractivity contribution in [3.05, 3.63) is 60.2 Å². The average Bonchev–Trinajstić information content (AvgIpc) is 3.27. The number of ether oxygens (including phenoxy) is 1. The van der Waals surface area contributed by atoms with Gasteiger partial charge >= 0.3 is 17.8 Å². The van der Waals surface area contributed by atoms with Crippen molar-refractivity contribution in [3.63, 3.8) is 0 Å². The van der Waals surface area contributed by atoms with Crippen molar-refractivity contribution in [2.24, 2.45) is 0 Å². The smallest absolute Gasteiger partial charge is 0.360 e. The van der Waals surface area contributed by atoms with Crippen molar-refractivity contribution in [1.29, 1.82) is 0 Å². The van der Waals surface area contributed by atoms with E-state index >= 15 is 0 Å². The molecule has 2 aromatic heterocycles. The number of amides is 2. The molecule has 2 N–H and O–H groups in total. The maximum absolute atomic E-state index is 12.3. The molecule has 0 aliphatic carbocycles. The van der Waals surface area contributed by atoms with Gasteiger partial charge < -0.3 is 20.3 Å². The summed E-state index contributed by atoms with van der Waals surface area (Å²) < 4.78 is 5.95. The normalized spacial score (nSPS) is 10.3. The second kappa shape index (κ2) is 9.48. The number of hydrogen-bond acceptors (Lipinski definition) is 8. The van der Waals surface area contributed by atoms with E-state index in [1.165, 1.54) is 18.0 Å². The predicted molar refractivity (Wildman–Crippen MR) is 112 cm³/mol. The number of aromatic nitrogens is 4. The monoisotopic (exact) mass is 423 g/mol. The molecule has 11 nitrogen and oxygen atoms in total. The Hall–Kier alpha value is -4.28. The van der Waals surface area contributed by atoms with E-state index in [1.807, 2.05) is 25.1 Å². The van der Waals surface area contributed by atoms with Gasteiger partial charge in [-0.15, -0.1) is 5.10 Å². The fourth-order valence-corrected chi connectivity index (χ4v) is 2.72. The van der Waals surface area contributed by atoms with Crippen LogP contribution in [0.2, 0.25) is 0 Å². The number of methoxy groups -OCH3 is 1. The van der Waals surface area contributed by atoms with Gasteiger partial charge in [-0.3, -0.25) is 14.6 Å². The van der Waals surface area contributed by atoms with E-state index in [0.29, 0.717) is 17.1 Å². The van der Waals surface area contributed by atoms with E-state index in [2.05, 4.69) is 30.7 Å². The van der Waals surface area contributed by atoms with Crippen LogP contribution >= 0.6 is 0 Å². The van der Waals surface area contributed by atoms with Gasteiger partial charge in [0.15, 0.2) is 5.69 Å². The molecule has 3 rings (SSSR count). The first-order valence-corrected chi connectivity index (χ1v) is 9.20. The number of benzene rings is 1. The number of pyridine rings is 1. The molecule has 160 valence electrons. The zero-order valence-electron chi connectivity index (χ0n) is 17.2. The third kappa shape index (κ3) is 5.21. The standard InChI is InChI=1S/C20H21N7O4/c1-26(2)17-8-5-9-21-15(17)11-22-18(28)19(29)23-13-6-4-7-14(10-13)27-12-16(24-25-27)20(30)31-3/h4-10,12H,11H2,1-3H3,(H,22,28)(H,23,29). The number of carbonyl (C=O) groups is 3. The first-order valence-electron chi connectivity index (χ1n) is 9.20. The minimum Gasteiger partial charge on any atom is -0.464 e. The highest BCUT2D eigenvalue weighted by atomic mass is 16.5. The molecule has 0 radical (unpaired) electrons. The Bertz CT molecular complexity index is 1110. The summed E-state index contributed by atoms with van der Waals surface area (Å²) in [4.78, 5) is 42.1. The molecular weight excluding hydrogens is 402 g/mol. The molecule has 0 atom stereocenters. The van der Waals surface area contributed by atoms with Gasteiger partial charge in [0.25, 0.3) is 0 Å². The molecule has 31 heavy (non-hydrogen) atoms. The third-order valence-electron chi connectivity index (χ3n) is 4.23. The van der Waals surface area contributed by atoms with Crippen LogP contribution in [0.5, 0.6) is 0 Å². The minimum atomic E-state index is -0.826. The fourth-order valence-electron chi connectivity index (χ4n) is 2.72. The maximum Gasteiger partial charge on any atom is 0.360 e. The summed E-state index contributed by atoms with van der Waals surface area (Å²) in [6, 6.07) is 10.2. The summed E-state index contributed by atoms with van der Waals surface area (Å²) in [5.41, 5.74) is 2.44. The Morgan fingerprint density at radius 2 is 1.94 bits per heavy atom. The van der Waals surface area contributed by atoms with Crippen LogP contribution in [0, 0.1) is 0 Å². The molecule has 0 unspecified atom stereocenters. The Morgan fingerprint density at radius 3 is 2.68 bits per heavy atom. The van der Waals surface area contributed by atoms with Gasteiger partial charge in [-0.25, -0.2) is 9.48 Å². The van der Waals surface area contributed by atoms with Gasteiger partial charge in [0.1, 0.15) is 0 Å². The lowest BCUT2D eigenvalue weighted by Gasteiger charge is -2.16. The molecule has 0 spiro atoms. The van der Waals surface area contributed by atoms with Gasteiger partial charge in [-0.1, -0.05) is 11.3 Å². The van der Waals surface area contributed by atoms with Crippen LogP contribution in [-0.4, -0.2) is 59.0 Å². The molecular formula is C20H21N7O4. The van der Waals surface area contributed by atoms with E-state index < -0.39 is 17.8 Å². The number of carbonyl (C=O) groups excluding carboxylic acids is 3. The van der Waals surface area contributed by atoms with Crippen LogP contribution in [0.15, 0.2) is 48.8 Å². The molecule has 0 saturated heterocycles. The summed E-state index contributed by atoms with van der Waals surface area (Å²) in [5, 5.41) is 12.7. The second-order valence-corrected chi connectivity index (χ2v) is 6.59. The van der Waals surface area contributed by atoms with Gasteiger partial charge in [-0.05, 0) is 30.3 Å². The molecule has 2 heterocycles. The lowest BCUT2D eigenvalue weighted by Crippen LogP contribution is -2.35. The van der Waals surface area contributed by atoms with Crippen LogP contribution in [-0.2, 0) is 20.9 Å². The molecule has 0 aliphatic rings. The predicted octanol–water partition coefficient (Wildman–Crippen LogP) is 0.770. The van der Waals surface area contributed by atoms with E-state index in [-0.39, 0.29) is 12.2 Å². The van der Waals surface area contributed by atoms with Crippen molar-refractivity contribution >= 4 is 29.2 Å². The zero-order chi connectivity index (χ0) is 22.4. The molecule has 11 heteroatoms. The molecule has 0 saturated carbocycles. The van der Waals surface area contributed by atoms with E-state index in [0.717, 1.165) is 5.69 Å². The van der Waals surface area contributed by atoms with Gasteiger partial charge in [0.05, 0.1) is 36.9 Å². The first kappa shape index (κ1) is 21.4. The van der Waals surface area contributed by atoms with Crippen LogP contribution < -0.4 is 15.5 Å². The minimum absolute atomic E-state index is 0.0444. The molecule has 0 bridgehead atoms. The summed E-state index contributed by atoms with van der Waals surface area (Å²) in [6.45, 7) is 0.107. The largest absolute Gasteiger partial charge is 0.464 e. The van der Waals surface area contributed by atoms with Crippen LogP contribution in [0.25, 0.3) is 5.69 Å². The number of nitrogens with zero attached hydrogens (tertiary/aromatic N) is 5. The van der Waals surface area contributed by atoms with Crippen LogP contribution in [0.3, 0.4) is 0 Å². The van der Waals surface area contributed by atoms with Crippen molar-refractivity contribution < 1.29 is 19.1 Å².